The average molecular weight is 493 g/mol. The van der Waals surface area contributed by atoms with Gasteiger partial charge in [-0.1, -0.05) is 71.9 Å². The molecule has 0 aliphatic carbocycles. The van der Waals surface area contributed by atoms with Crippen LogP contribution in [0, 0.1) is 0 Å². The number of rotatable bonds is 8. The van der Waals surface area contributed by atoms with Crippen molar-refractivity contribution in [1.82, 2.24) is 5.32 Å². The number of carbonyl (C=O) groups excluding carboxylic acids is 2. The summed E-state index contributed by atoms with van der Waals surface area (Å²) >= 11 is 7.35. The molecular formula is C25H21ClN4O3S. The van der Waals surface area contributed by atoms with Crippen LogP contribution in [-0.2, 0) is 16.2 Å². The van der Waals surface area contributed by atoms with Gasteiger partial charge in [0.25, 0.3) is 0 Å². The minimum absolute atomic E-state index is 0.0406. The Kier molecular flexibility index (Phi) is 7.95. The third-order valence-electron chi connectivity index (χ3n) is 4.77. The van der Waals surface area contributed by atoms with Gasteiger partial charge in [-0.15, -0.1) is 5.10 Å². The summed E-state index contributed by atoms with van der Waals surface area (Å²) in [6.07, 6.45) is 1.61. The number of hydrogen-bond donors (Lipinski definition) is 2. The van der Waals surface area contributed by atoms with Crippen molar-refractivity contribution < 1.29 is 14.3 Å². The number of para-hydroxylation sites is 1. The molecule has 0 aromatic heterocycles. The number of thioether (sulfide) groups is 1. The molecule has 2 amide bonds. The molecule has 0 saturated carbocycles. The Morgan fingerprint density at radius 3 is 2.71 bits per heavy atom. The van der Waals surface area contributed by atoms with Crippen LogP contribution in [0.5, 0.6) is 5.75 Å². The minimum Gasteiger partial charge on any atom is -0.489 e. The third-order valence-corrected chi connectivity index (χ3v) is 6.21. The van der Waals surface area contributed by atoms with E-state index in [0.29, 0.717) is 28.2 Å². The zero-order valence-corrected chi connectivity index (χ0v) is 19.6. The smallest absolute Gasteiger partial charge is 0.240 e. The average Bonchev–Trinajstić information content (AvgIpc) is 3.18. The van der Waals surface area contributed by atoms with E-state index in [9.17, 15) is 9.59 Å². The van der Waals surface area contributed by atoms with Crippen molar-refractivity contribution in [2.24, 2.45) is 10.2 Å². The van der Waals surface area contributed by atoms with E-state index in [1.165, 1.54) is 11.8 Å². The van der Waals surface area contributed by atoms with E-state index >= 15 is 0 Å². The summed E-state index contributed by atoms with van der Waals surface area (Å²) < 4.78 is 5.82. The van der Waals surface area contributed by atoms with Gasteiger partial charge in [0.1, 0.15) is 17.6 Å². The second-order valence-corrected chi connectivity index (χ2v) is 8.92. The largest absolute Gasteiger partial charge is 0.489 e. The Bertz CT molecular complexity index is 1230. The van der Waals surface area contributed by atoms with Crippen molar-refractivity contribution >= 4 is 52.2 Å². The molecule has 1 heterocycles. The Hall–Kier alpha value is -3.62. The summed E-state index contributed by atoms with van der Waals surface area (Å²) in [4.78, 5) is 24.4. The molecule has 3 aromatic rings. The van der Waals surface area contributed by atoms with Gasteiger partial charge in [-0.2, -0.15) is 5.10 Å². The zero-order chi connectivity index (χ0) is 23.8. The van der Waals surface area contributed by atoms with Crippen molar-refractivity contribution in [2.75, 3.05) is 5.32 Å². The molecule has 0 bridgehead atoms. The fraction of sp³-hybridized carbons (Fsp3) is 0.120. The minimum atomic E-state index is -0.556. The number of nitrogens with zero attached hydrogens (tertiary/aromatic N) is 2. The molecule has 7 nitrogen and oxygen atoms in total. The number of anilines is 1. The maximum absolute atomic E-state index is 12.2. The van der Waals surface area contributed by atoms with Gasteiger partial charge in [-0.05, 0) is 35.9 Å². The Balaban J connectivity index is 1.30. The Morgan fingerprint density at radius 2 is 1.88 bits per heavy atom. The number of nitrogens with one attached hydrogen (secondary N) is 2. The van der Waals surface area contributed by atoms with Gasteiger partial charge < -0.3 is 15.4 Å². The summed E-state index contributed by atoms with van der Waals surface area (Å²) in [6, 6.07) is 24.0. The molecule has 1 fully saturated rings. The standard InChI is InChI=1S/C25H21ClN4O3S/c26-21-12-5-4-8-18(21)16-33-20-11-6-7-17(13-20)15-27-30-25-29-24(32)22(34-25)14-23(31)28-19-9-2-1-3-10-19/h1-13,15,22H,14,16H2,(H,28,31)(H,29,30,32)/b27-15-/t22-/m0/s1. The van der Waals surface area contributed by atoms with E-state index < -0.39 is 5.25 Å². The molecule has 172 valence electrons. The van der Waals surface area contributed by atoms with Crippen molar-refractivity contribution in [3.05, 3.63) is 95.0 Å². The number of ether oxygens (including phenoxy) is 1. The van der Waals surface area contributed by atoms with Gasteiger partial charge in [0.2, 0.25) is 11.8 Å². The molecule has 2 N–H and O–H groups in total. The third kappa shape index (κ3) is 6.69. The van der Waals surface area contributed by atoms with Crippen LogP contribution in [0.15, 0.2) is 89.1 Å². The highest BCUT2D eigenvalue weighted by atomic mass is 35.5. The first-order valence-electron chi connectivity index (χ1n) is 10.5. The lowest BCUT2D eigenvalue weighted by molar-refractivity contribution is -0.122. The summed E-state index contributed by atoms with van der Waals surface area (Å²) in [5.41, 5.74) is 2.37. The van der Waals surface area contributed by atoms with E-state index in [-0.39, 0.29) is 18.2 Å². The van der Waals surface area contributed by atoms with Gasteiger partial charge in [-0.25, -0.2) is 0 Å². The number of benzene rings is 3. The molecule has 1 atom stereocenters. The van der Waals surface area contributed by atoms with Gasteiger partial charge in [-0.3, -0.25) is 9.59 Å². The monoisotopic (exact) mass is 492 g/mol. The first kappa shape index (κ1) is 23.5. The summed E-state index contributed by atoms with van der Waals surface area (Å²) in [7, 11) is 0. The predicted molar refractivity (Wildman–Crippen MR) is 136 cm³/mol. The highest BCUT2D eigenvalue weighted by Gasteiger charge is 2.32. The van der Waals surface area contributed by atoms with E-state index in [2.05, 4.69) is 20.8 Å². The Morgan fingerprint density at radius 1 is 1.09 bits per heavy atom. The van der Waals surface area contributed by atoms with Crippen LogP contribution < -0.4 is 15.4 Å². The lowest BCUT2D eigenvalue weighted by atomic mass is 10.2. The fourth-order valence-corrected chi connectivity index (χ4v) is 4.21. The molecular weight excluding hydrogens is 472 g/mol. The first-order valence-corrected chi connectivity index (χ1v) is 11.7. The summed E-state index contributed by atoms with van der Waals surface area (Å²) in [6.45, 7) is 0.352. The number of amides is 2. The normalized spacial score (nSPS) is 16.6. The van der Waals surface area contributed by atoms with E-state index in [0.717, 1.165) is 11.1 Å². The van der Waals surface area contributed by atoms with Crippen LogP contribution in [0.2, 0.25) is 5.02 Å². The van der Waals surface area contributed by atoms with Crippen LogP contribution in [0.25, 0.3) is 0 Å². The maximum atomic E-state index is 12.2. The highest BCUT2D eigenvalue weighted by Crippen LogP contribution is 2.23. The van der Waals surface area contributed by atoms with E-state index in [4.69, 9.17) is 16.3 Å². The van der Waals surface area contributed by atoms with Crippen LogP contribution in [0.4, 0.5) is 5.69 Å². The molecule has 9 heteroatoms. The second-order valence-electron chi connectivity index (χ2n) is 7.32. The predicted octanol–water partition coefficient (Wildman–Crippen LogP) is 4.87. The molecule has 0 spiro atoms. The molecule has 1 saturated heterocycles. The van der Waals surface area contributed by atoms with Gasteiger partial charge in [0.15, 0.2) is 5.17 Å². The van der Waals surface area contributed by atoms with Crippen molar-refractivity contribution in [1.29, 1.82) is 0 Å². The molecule has 1 aliphatic heterocycles. The highest BCUT2D eigenvalue weighted by molar-refractivity contribution is 8.15. The van der Waals surface area contributed by atoms with E-state index in [1.54, 1.807) is 18.3 Å². The molecule has 4 rings (SSSR count). The SMILES string of the molecule is O=C(C[C@@H]1S/C(=N\N=C/c2cccc(OCc3ccccc3Cl)c2)NC1=O)Nc1ccccc1. The second kappa shape index (κ2) is 11.5. The van der Waals surface area contributed by atoms with Gasteiger partial charge >= 0.3 is 0 Å². The molecule has 3 aromatic carbocycles. The lowest BCUT2D eigenvalue weighted by Gasteiger charge is -2.08. The molecule has 0 radical (unpaired) electrons. The summed E-state index contributed by atoms with van der Waals surface area (Å²) in [5, 5.41) is 14.0. The van der Waals surface area contributed by atoms with Crippen molar-refractivity contribution in [3.63, 3.8) is 0 Å². The fourth-order valence-electron chi connectivity index (χ4n) is 3.10. The Labute approximate surface area is 206 Å². The van der Waals surface area contributed by atoms with Crippen LogP contribution in [0.1, 0.15) is 17.5 Å². The zero-order valence-electron chi connectivity index (χ0n) is 18.0. The van der Waals surface area contributed by atoms with Crippen LogP contribution in [0.3, 0.4) is 0 Å². The van der Waals surface area contributed by atoms with Crippen molar-refractivity contribution in [3.8, 4) is 5.75 Å². The van der Waals surface area contributed by atoms with Crippen LogP contribution >= 0.6 is 23.4 Å². The summed E-state index contributed by atoms with van der Waals surface area (Å²) in [5.74, 6) is 0.166. The molecule has 1 aliphatic rings. The van der Waals surface area contributed by atoms with Gasteiger partial charge in [0.05, 0.1) is 6.21 Å². The van der Waals surface area contributed by atoms with E-state index in [1.807, 2.05) is 66.7 Å². The molecule has 34 heavy (non-hydrogen) atoms. The lowest BCUT2D eigenvalue weighted by Crippen LogP contribution is -2.28. The first-order chi connectivity index (χ1) is 16.6. The van der Waals surface area contributed by atoms with Gasteiger partial charge in [0, 0.05) is 22.7 Å². The number of halogens is 1. The number of amidine groups is 1. The maximum Gasteiger partial charge on any atom is 0.240 e. The number of hydrogen-bond acceptors (Lipinski definition) is 6. The van der Waals surface area contributed by atoms with Crippen LogP contribution in [-0.4, -0.2) is 28.4 Å². The molecule has 0 unspecified atom stereocenters. The van der Waals surface area contributed by atoms with Crippen molar-refractivity contribution in [2.45, 2.75) is 18.3 Å². The topological polar surface area (TPSA) is 92.2 Å². The quantitative estimate of drug-likeness (QED) is 0.346. The number of carbonyl (C=O) groups is 2.